The number of hydrogen-bond acceptors (Lipinski definition) is 7. The second-order valence-corrected chi connectivity index (χ2v) is 9.92. The van der Waals surface area contributed by atoms with Crippen LogP contribution in [0.4, 0.5) is 10.7 Å². The number of methoxy groups -OCH3 is 1. The topological polar surface area (TPSA) is 76.2 Å². The van der Waals surface area contributed by atoms with Crippen LogP contribution in [0.1, 0.15) is 47.3 Å². The third-order valence-corrected chi connectivity index (χ3v) is 7.78. The highest BCUT2D eigenvalue weighted by Crippen LogP contribution is 2.47. The van der Waals surface area contributed by atoms with Crippen LogP contribution in [0.15, 0.2) is 36.4 Å². The Labute approximate surface area is 190 Å². The first-order valence-electron chi connectivity index (χ1n) is 11.1. The molecule has 3 aliphatic rings. The van der Waals surface area contributed by atoms with Gasteiger partial charge in [-0.3, -0.25) is 14.4 Å². The summed E-state index contributed by atoms with van der Waals surface area (Å²) in [6, 6.07) is 11.1. The second kappa shape index (κ2) is 8.33. The minimum atomic E-state index is -0.887. The van der Waals surface area contributed by atoms with Gasteiger partial charge in [-0.1, -0.05) is 37.5 Å². The van der Waals surface area contributed by atoms with Gasteiger partial charge in [-0.05, 0) is 43.9 Å². The van der Waals surface area contributed by atoms with Crippen molar-refractivity contribution in [1.82, 2.24) is 0 Å². The number of anilines is 2. The van der Waals surface area contributed by atoms with E-state index in [1.54, 1.807) is 11.1 Å². The Morgan fingerprint density at radius 1 is 1.09 bits per heavy atom. The van der Waals surface area contributed by atoms with Crippen LogP contribution < -0.4 is 9.96 Å². The zero-order valence-electron chi connectivity index (χ0n) is 18.2. The van der Waals surface area contributed by atoms with Crippen LogP contribution >= 0.6 is 11.3 Å². The number of benzene rings is 1. The van der Waals surface area contributed by atoms with E-state index in [2.05, 4.69) is 0 Å². The molecule has 2 aromatic rings. The lowest BCUT2D eigenvalue weighted by Crippen LogP contribution is -2.45. The predicted molar refractivity (Wildman–Crippen MR) is 121 cm³/mol. The Balaban J connectivity index is 1.54. The third kappa shape index (κ3) is 3.33. The largest absolute Gasteiger partial charge is 0.465 e. The van der Waals surface area contributed by atoms with Gasteiger partial charge in [0.25, 0.3) is 5.91 Å². The molecule has 1 aromatic carbocycles. The highest BCUT2D eigenvalue weighted by atomic mass is 32.1. The number of imide groups is 1. The van der Waals surface area contributed by atoms with E-state index in [4.69, 9.17) is 9.57 Å². The summed E-state index contributed by atoms with van der Waals surface area (Å²) in [7, 11) is 1.29. The molecule has 1 aromatic heterocycles. The normalized spacial score (nSPS) is 26.0. The number of thiophene rings is 1. The number of fused-ring (bicyclic) bond motifs is 1. The summed E-state index contributed by atoms with van der Waals surface area (Å²) < 4.78 is 4.88. The van der Waals surface area contributed by atoms with Crippen LogP contribution in [0.25, 0.3) is 0 Å². The molecular weight excluding hydrogens is 428 g/mol. The zero-order chi connectivity index (χ0) is 22.4. The molecule has 3 heterocycles. The lowest BCUT2D eigenvalue weighted by molar-refractivity contribution is -0.126. The van der Waals surface area contributed by atoms with Gasteiger partial charge in [0.15, 0.2) is 6.10 Å². The molecule has 2 aliphatic heterocycles. The maximum atomic E-state index is 13.8. The smallest absolute Gasteiger partial charge is 0.340 e. The van der Waals surface area contributed by atoms with Gasteiger partial charge in [0, 0.05) is 4.88 Å². The van der Waals surface area contributed by atoms with Gasteiger partial charge in [-0.25, -0.2) is 14.8 Å². The van der Waals surface area contributed by atoms with Crippen molar-refractivity contribution in [2.24, 2.45) is 11.8 Å². The van der Waals surface area contributed by atoms with E-state index in [-0.39, 0.29) is 23.4 Å². The Morgan fingerprint density at radius 3 is 2.50 bits per heavy atom. The monoisotopic (exact) mass is 454 g/mol. The van der Waals surface area contributed by atoms with Crippen molar-refractivity contribution in [3.8, 4) is 0 Å². The average molecular weight is 455 g/mol. The van der Waals surface area contributed by atoms with Gasteiger partial charge in [0.2, 0.25) is 5.91 Å². The number of carbonyl (C=O) groups excluding carboxylic acids is 3. The van der Waals surface area contributed by atoms with Crippen LogP contribution in [-0.2, 0) is 19.2 Å². The maximum Gasteiger partial charge on any atom is 0.340 e. The van der Waals surface area contributed by atoms with Crippen molar-refractivity contribution in [3.05, 3.63) is 46.8 Å². The molecule has 0 radical (unpaired) electrons. The molecule has 32 heavy (non-hydrogen) atoms. The Kier molecular flexibility index (Phi) is 5.51. The minimum absolute atomic E-state index is 0.216. The molecule has 3 fully saturated rings. The van der Waals surface area contributed by atoms with Crippen molar-refractivity contribution in [2.75, 3.05) is 17.1 Å². The van der Waals surface area contributed by atoms with E-state index in [0.29, 0.717) is 5.00 Å². The lowest BCUT2D eigenvalue weighted by Gasteiger charge is -2.35. The number of hydroxylamine groups is 1. The van der Waals surface area contributed by atoms with E-state index < -0.39 is 23.9 Å². The van der Waals surface area contributed by atoms with Crippen LogP contribution in [-0.4, -0.2) is 37.0 Å². The number of amides is 2. The van der Waals surface area contributed by atoms with Crippen LogP contribution in [0.3, 0.4) is 0 Å². The van der Waals surface area contributed by atoms with Gasteiger partial charge in [0.1, 0.15) is 10.9 Å². The number of para-hydroxylation sites is 1. The zero-order valence-corrected chi connectivity index (χ0v) is 19.0. The second-order valence-electron chi connectivity index (χ2n) is 8.68. The summed E-state index contributed by atoms with van der Waals surface area (Å²) in [4.78, 5) is 47.8. The fourth-order valence-corrected chi connectivity index (χ4v) is 6.34. The van der Waals surface area contributed by atoms with Crippen molar-refractivity contribution >= 4 is 39.8 Å². The molecule has 1 aliphatic carbocycles. The first kappa shape index (κ1) is 21.2. The van der Waals surface area contributed by atoms with Gasteiger partial charge >= 0.3 is 5.97 Å². The Morgan fingerprint density at radius 2 is 1.81 bits per heavy atom. The molecule has 0 N–H and O–H groups in total. The molecule has 7 nitrogen and oxygen atoms in total. The highest BCUT2D eigenvalue weighted by molar-refractivity contribution is 7.17. The van der Waals surface area contributed by atoms with Crippen LogP contribution in [0.2, 0.25) is 0 Å². The summed E-state index contributed by atoms with van der Waals surface area (Å²) in [5.74, 6) is -1.59. The lowest BCUT2D eigenvalue weighted by atomic mass is 9.77. The van der Waals surface area contributed by atoms with Crippen LogP contribution in [0, 0.1) is 18.8 Å². The summed E-state index contributed by atoms with van der Waals surface area (Å²) in [6.45, 7) is 1.84. The fraction of sp³-hybridized carbons (Fsp3) is 0.458. The number of nitrogens with zero attached hydrogens (tertiary/aromatic N) is 2. The molecule has 0 bridgehead atoms. The van der Waals surface area contributed by atoms with E-state index in [1.807, 2.05) is 37.3 Å². The van der Waals surface area contributed by atoms with E-state index in [0.717, 1.165) is 41.1 Å². The summed E-state index contributed by atoms with van der Waals surface area (Å²) >= 11 is 1.25. The molecule has 5 rings (SSSR count). The molecule has 0 unspecified atom stereocenters. The highest BCUT2D eigenvalue weighted by Gasteiger charge is 2.62. The van der Waals surface area contributed by atoms with Crippen molar-refractivity contribution in [3.63, 3.8) is 0 Å². The number of ether oxygens (including phenoxy) is 1. The molecule has 3 atom stereocenters. The van der Waals surface area contributed by atoms with Crippen molar-refractivity contribution < 1.29 is 24.0 Å². The molecule has 8 heteroatoms. The van der Waals surface area contributed by atoms with Crippen molar-refractivity contribution in [1.29, 1.82) is 0 Å². The third-order valence-electron chi connectivity index (χ3n) is 6.75. The molecule has 0 spiro atoms. The van der Waals surface area contributed by atoms with E-state index in [1.165, 1.54) is 24.9 Å². The molecule has 2 amide bonds. The predicted octanol–water partition coefficient (Wildman–Crippen LogP) is 4.10. The van der Waals surface area contributed by atoms with E-state index in [9.17, 15) is 14.4 Å². The summed E-state index contributed by atoms with van der Waals surface area (Å²) in [5.41, 5.74) is 1.10. The fourth-order valence-electron chi connectivity index (χ4n) is 5.33. The number of aryl methyl sites for hydroxylation is 1. The number of hydrogen-bond donors (Lipinski definition) is 0. The Bertz CT molecular complexity index is 1050. The summed E-state index contributed by atoms with van der Waals surface area (Å²) in [5, 5.41) is 2.13. The van der Waals surface area contributed by atoms with Gasteiger partial charge in [0.05, 0.1) is 24.4 Å². The first-order valence-corrected chi connectivity index (χ1v) is 11.9. The quantitative estimate of drug-likeness (QED) is 0.511. The minimum Gasteiger partial charge on any atom is -0.465 e. The number of rotatable bonds is 4. The van der Waals surface area contributed by atoms with Crippen molar-refractivity contribution in [2.45, 2.75) is 51.2 Å². The SMILES string of the molecule is COC(=O)c1cc(C)sc1N1C(=O)[C@@H]2[C@@H](C3CCCCC3)N(c3ccccc3)O[C@H]2C1=O. The number of esters is 1. The molecular formula is C24H26N2O5S. The Hall–Kier alpha value is -2.71. The van der Waals surface area contributed by atoms with E-state index >= 15 is 0 Å². The summed E-state index contributed by atoms with van der Waals surface area (Å²) in [6.07, 6.45) is 4.55. The number of carbonyl (C=O) groups is 3. The van der Waals surface area contributed by atoms with Crippen LogP contribution in [0.5, 0.6) is 0 Å². The van der Waals surface area contributed by atoms with Gasteiger partial charge in [-0.15, -0.1) is 11.3 Å². The first-order chi connectivity index (χ1) is 15.5. The maximum absolute atomic E-state index is 13.8. The molecule has 168 valence electrons. The van der Waals surface area contributed by atoms with Gasteiger partial charge in [-0.2, -0.15) is 0 Å². The average Bonchev–Trinajstić information content (AvgIpc) is 3.47. The molecule has 2 saturated heterocycles. The molecule has 1 saturated carbocycles. The van der Waals surface area contributed by atoms with Gasteiger partial charge < -0.3 is 4.74 Å². The standard InChI is InChI=1S/C24H26N2O5S/c1-14-13-17(24(29)30-2)23(32-14)25-21(27)18-19(15-9-5-3-6-10-15)26(31-20(18)22(25)28)16-11-7-4-8-12-16/h4,7-8,11-13,15,18-20H,3,5-6,9-10H2,1-2H3/t18-,19-,20-/m1/s1.